The van der Waals surface area contributed by atoms with Crippen molar-refractivity contribution < 1.29 is 9.59 Å². The number of aromatic nitrogens is 3. The summed E-state index contributed by atoms with van der Waals surface area (Å²) >= 11 is 1.38. The van der Waals surface area contributed by atoms with Gasteiger partial charge in [-0.25, -0.2) is 9.50 Å². The van der Waals surface area contributed by atoms with Crippen LogP contribution in [0.1, 0.15) is 32.4 Å². The summed E-state index contributed by atoms with van der Waals surface area (Å²) in [5, 5.41) is 8.94. The summed E-state index contributed by atoms with van der Waals surface area (Å²) in [6.07, 6.45) is 3.12. The molecule has 0 aliphatic carbocycles. The second-order valence-electron chi connectivity index (χ2n) is 5.93. The van der Waals surface area contributed by atoms with Crippen molar-refractivity contribution in [2.45, 2.75) is 5.92 Å². The van der Waals surface area contributed by atoms with Crippen molar-refractivity contribution in [1.29, 1.82) is 0 Å². The number of nitrogens with one attached hydrogen (secondary N) is 1. The molecule has 4 rings (SSSR count). The highest BCUT2D eigenvalue weighted by atomic mass is 32.1. The fourth-order valence-electron chi connectivity index (χ4n) is 3.08. The number of ketones is 1. The minimum Gasteiger partial charge on any atom is -0.358 e. The van der Waals surface area contributed by atoms with Gasteiger partial charge < -0.3 is 5.32 Å². The van der Waals surface area contributed by atoms with E-state index in [1.165, 1.54) is 17.5 Å². The zero-order valence-corrected chi connectivity index (χ0v) is 15.3. The summed E-state index contributed by atoms with van der Waals surface area (Å²) in [4.78, 5) is 30.4. The molecule has 0 radical (unpaired) electrons. The first-order valence-corrected chi connectivity index (χ1v) is 9.26. The number of benzene rings is 1. The molecule has 134 valence electrons. The molecule has 0 aliphatic rings. The van der Waals surface area contributed by atoms with E-state index in [0.29, 0.717) is 21.8 Å². The molecule has 4 aromatic rings. The third kappa shape index (κ3) is 3.02. The monoisotopic (exact) mass is 376 g/mol. The molecule has 1 N–H and O–H groups in total. The van der Waals surface area contributed by atoms with Crippen LogP contribution in [0.2, 0.25) is 0 Å². The van der Waals surface area contributed by atoms with Crippen LogP contribution in [0.5, 0.6) is 0 Å². The molecular formula is C20H16N4O2S. The topological polar surface area (TPSA) is 76.4 Å². The van der Waals surface area contributed by atoms with E-state index < -0.39 is 5.92 Å². The molecule has 1 aromatic carbocycles. The van der Waals surface area contributed by atoms with E-state index in [1.54, 1.807) is 29.9 Å². The molecule has 6 nitrogen and oxygen atoms in total. The van der Waals surface area contributed by atoms with Gasteiger partial charge in [-0.15, -0.1) is 11.3 Å². The van der Waals surface area contributed by atoms with Crippen LogP contribution >= 0.6 is 11.3 Å². The zero-order chi connectivity index (χ0) is 18.8. The minimum absolute atomic E-state index is 0.124. The van der Waals surface area contributed by atoms with Gasteiger partial charge in [-0.05, 0) is 23.1 Å². The molecular weight excluding hydrogens is 360 g/mol. The lowest BCUT2D eigenvalue weighted by molar-refractivity contribution is -0.121. The predicted octanol–water partition coefficient (Wildman–Crippen LogP) is 2.90. The van der Waals surface area contributed by atoms with Gasteiger partial charge in [0.05, 0.1) is 22.3 Å². The number of carbonyl (C=O) groups excluding carboxylic acids is 2. The first-order chi connectivity index (χ1) is 13.2. The third-order valence-corrected chi connectivity index (χ3v) is 5.23. The molecule has 7 heteroatoms. The lowest BCUT2D eigenvalue weighted by Gasteiger charge is -2.17. The first kappa shape index (κ1) is 17.1. The predicted molar refractivity (Wildman–Crippen MR) is 103 cm³/mol. The number of amides is 1. The van der Waals surface area contributed by atoms with Crippen molar-refractivity contribution >= 4 is 28.7 Å². The van der Waals surface area contributed by atoms with Crippen molar-refractivity contribution in [2.24, 2.45) is 0 Å². The van der Waals surface area contributed by atoms with Crippen molar-refractivity contribution in [2.75, 3.05) is 7.05 Å². The van der Waals surface area contributed by atoms with E-state index in [2.05, 4.69) is 15.4 Å². The fourth-order valence-corrected chi connectivity index (χ4v) is 3.75. The lowest BCUT2D eigenvalue weighted by atomic mass is 9.94. The molecule has 1 atom stereocenters. The molecule has 0 aliphatic heterocycles. The lowest BCUT2D eigenvalue weighted by Crippen LogP contribution is -2.28. The third-order valence-electron chi connectivity index (χ3n) is 4.36. The Labute approximate surface area is 159 Å². The molecule has 0 fully saturated rings. The quantitative estimate of drug-likeness (QED) is 0.544. The van der Waals surface area contributed by atoms with E-state index in [4.69, 9.17) is 0 Å². The Kier molecular flexibility index (Phi) is 4.52. The van der Waals surface area contributed by atoms with Crippen LogP contribution in [-0.2, 0) is 4.79 Å². The number of thiophene rings is 1. The highest BCUT2D eigenvalue weighted by Crippen LogP contribution is 2.26. The van der Waals surface area contributed by atoms with Crippen molar-refractivity contribution in [3.63, 3.8) is 0 Å². The van der Waals surface area contributed by atoms with E-state index in [-0.39, 0.29) is 11.7 Å². The Morgan fingerprint density at radius 3 is 2.63 bits per heavy atom. The van der Waals surface area contributed by atoms with E-state index in [0.717, 1.165) is 5.56 Å². The highest BCUT2D eigenvalue weighted by Gasteiger charge is 2.26. The van der Waals surface area contributed by atoms with Gasteiger partial charge in [-0.1, -0.05) is 36.4 Å². The SMILES string of the molecule is CNC(=O)C(c1ccccc1)c1ccnc2c(C(=O)c3cccs3)cnn12. The molecule has 1 amide bonds. The Bertz CT molecular complexity index is 1100. The Balaban J connectivity index is 1.87. The number of fused-ring (bicyclic) bond motifs is 1. The first-order valence-electron chi connectivity index (χ1n) is 8.38. The Morgan fingerprint density at radius 1 is 1.11 bits per heavy atom. The maximum Gasteiger partial charge on any atom is 0.233 e. The minimum atomic E-state index is -0.564. The summed E-state index contributed by atoms with van der Waals surface area (Å²) in [5.74, 6) is -0.845. The molecule has 0 saturated carbocycles. The summed E-state index contributed by atoms with van der Waals surface area (Å²) in [7, 11) is 1.60. The molecule has 0 saturated heterocycles. The number of hydrogen-bond donors (Lipinski definition) is 1. The molecule has 27 heavy (non-hydrogen) atoms. The van der Waals surface area contributed by atoms with Crippen LogP contribution < -0.4 is 5.32 Å². The second kappa shape index (κ2) is 7.13. The average Bonchev–Trinajstić information content (AvgIpc) is 3.39. The van der Waals surface area contributed by atoms with Crippen molar-refractivity contribution in [3.05, 3.63) is 88.0 Å². The van der Waals surface area contributed by atoms with Gasteiger partial charge in [-0.2, -0.15) is 5.10 Å². The van der Waals surface area contributed by atoms with Crippen LogP contribution in [0.25, 0.3) is 5.65 Å². The van der Waals surface area contributed by atoms with Gasteiger partial charge in [0.25, 0.3) is 0 Å². The number of rotatable bonds is 5. The zero-order valence-electron chi connectivity index (χ0n) is 14.5. The number of nitrogens with zero attached hydrogens (tertiary/aromatic N) is 3. The highest BCUT2D eigenvalue weighted by molar-refractivity contribution is 7.12. The van der Waals surface area contributed by atoms with Crippen LogP contribution in [0.3, 0.4) is 0 Å². The summed E-state index contributed by atoms with van der Waals surface area (Å²) < 4.78 is 1.58. The van der Waals surface area contributed by atoms with Crippen LogP contribution in [0, 0.1) is 0 Å². The number of carbonyl (C=O) groups is 2. The maximum absolute atomic E-state index is 12.8. The molecule has 3 heterocycles. The van der Waals surface area contributed by atoms with Gasteiger partial charge >= 0.3 is 0 Å². The number of hydrogen-bond acceptors (Lipinski definition) is 5. The smallest absolute Gasteiger partial charge is 0.233 e. The van der Waals surface area contributed by atoms with Crippen molar-refractivity contribution in [1.82, 2.24) is 19.9 Å². The number of likely N-dealkylation sites (N-methyl/N-ethyl adjacent to an activating group) is 1. The van der Waals surface area contributed by atoms with Crippen molar-refractivity contribution in [3.8, 4) is 0 Å². The largest absolute Gasteiger partial charge is 0.358 e. The van der Waals surface area contributed by atoms with Gasteiger partial charge in [-0.3, -0.25) is 9.59 Å². The van der Waals surface area contributed by atoms with E-state index in [1.807, 2.05) is 41.8 Å². The molecule has 0 bridgehead atoms. The van der Waals surface area contributed by atoms with E-state index >= 15 is 0 Å². The second-order valence-corrected chi connectivity index (χ2v) is 6.88. The van der Waals surface area contributed by atoms with Gasteiger partial charge in [0.15, 0.2) is 5.65 Å². The molecule has 3 aromatic heterocycles. The van der Waals surface area contributed by atoms with Gasteiger partial charge in [0.2, 0.25) is 11.7 Å². The maximum atomic E-state index is 12.8. The standard InChI is InChI=1S/C20H16N4O2S/c1-21-20(26)17(13-6-3-2-4-7-13)15-9-10-22-19-14(12-23-24(15)19)18(25)16-8-5-11-27-16/h2-12,17H,1H3,(H,21,26). The van der Waals surface area contributed by atoms with Gasteiger partial charge in [0, 0.05) is 13.2 Å². The van der Waals surface area contributed by atoms with Crippen LogP contribution in [0.15, 0.2) is 66.3 Å². The normalized spacial score (nSPS) is 12.0. The van der Waals surface area contributed by atoms with E-state index in [9.17, 15) is 9.59 Å². The summed E-state index contributed by atoms with van der Waals surface area (Å²) in [6.45, 7) is 0. The Hall–Kier alpha value is -3.32. The average molecular weight is 376 g/mol. The Morgan fingerprint density at radius 2 is 1.93 bits per heavy atom. The van der Waals surface area contributed by atoms with Crippen LogP contribution in [0.4, 0.5) is 0 Å². The van der Waals surface area contributed by atoms with Crippen LogP contribution in [-0.4, -0.2) is 33.3 Å². The fraction of sp³-hybridized carbons (Fsp3) is 0.100. The summed E-state index contributed by atoms with van der Waals surface area (Å²) in [6, 6.07) is 14.8. The molecule has 1 unspecified atom stereocenters. The summed E-state index contributed by atoms with van der Waals surface area (Å²) in [5.41, 5.74) is 2.35. The van der Waals surface area contributed by atoms with Gasteiger partial charge in [0.1, 0.15) is 5.92 Å². The molecule has 0 spiro atoms.